The zero-order chi connectivity index (χ0) is 13.2. The Morgan fingerprint density at radius 1 is 1.50 bits per heavy atom. The number of nitrogens with two attached hydrogens (primary N) is 1. The second kappa shape index (κ2) is 4.64. The maximum absolute atomic E-state index is 12.0. The second-order valence-corrected chi connectivity index (χ2v) is 4.60. The van der Waals surface area contributed by atoms with Crippen LogP contribution in [-0.2, 0) is 4.79 Å². The average molecular weight is 249 g/mol. The van der Waals surface area contributed by atoms with Crippen molar-refractivity contribution < 1.29 is 14.7 Å². The van der Waals surface area contributed by atoms with E-state index in [0.29, 0.717) is 18.5 Å². The molecule has 2 rings (SSSR count). The molecule has 1 aromatic heterocycles. The predicted octanol–water partition coefficient (Wildman–Crippen LogP) is 0.791. The minimum absolute atomic E-state index is 0.0640. The van der Waals surface area contributed by atoms with Gasteiger partial charge in [-0.25, -0.2) is 4.98 Å². The summed E-state index contributed by atoms with van der Waals surface area (Å²) in [5.74, 6) is -1.32. The van der Waals surface area contributed by atoms with Crippen LogP contribution in [0.4, 0.5) is 5.69 Å². The number of carboxylic acids is 1. The molecule has 0 bridgehead atoms. The van der Waals surface area contributed by atoms with Crippen molar-refractivity contribution in [1.29, 1.82) is 0 Å². The number of nitrogens with one attached hydrogen (secondary N) is 1. The van der Waals surface area contributed by atoms with Gasteiger partial charge in [0.15, 0.2) is 5.69 Å². The number of nitrogens with zero attached hydrogens (tertiary/aromatic N) is 1. The quantitative estimate of drug-likeness (QED) is 0.731. The average Bonchev–Trinajstić information content (AvgIpc) is 2.25. The molecule has 6 heteroatoms. The monoisotopic (exact) mass is 249 g/mol. The Balaban J connectivity index is 2.11. The molecule has 0 atom stereocenters. The Hall–Kier alpha value is -2.11. The lowest BCUT2D eigenvalue weighted by Crippen LogP contribution is -2.54. The van der Waals surface area contributed by atoms with Gasteiger partial charge in [0.1, 0.15) is 0 Å². The van der Waals surface area contributed by atoms with E-state index in [1.165, 1.54) is 6.20 Å². The van der Waals surface area contributed by atoms with Crippen molar-refractivity contribution in [3.8, 4) is 0 Å². The highest BCUT2D eigenvalue weighted by atomic mass is 16.4. The summed E-state index contributed by atoms with van der Waals surface area (Å²) in [5, 5.41) is 11.6. The molecule has 1 amide bonds. The molecular formula is C12H15N3O3. The van der Waals surface area contributed by atoms with Crippen LogP contribution < -0.4 is 11.1 Å². The SMILES string of the molecule is Nc1cccnc1C(=O)NC1(CC(=O)O)CCC1. The fourth-order valence-corrected chi connectivity index (χ4v) is 2.15. The van der Waals surface area contributed by atoms with E-state index in [9.17, 15) is 9.59 Å². The largest absolute Gasteiger partial charge is 0.481 e. The number of carbonyl (C=O) groups excluding carboxylic acids is 1. The Labute approximate surface area is 104 Å². The molecule has 1 saturated carbocycles. The molecule has 0 aromatic carbocycles. The first-order chi connectivity index (χ1) is 8.52. The molecule has 96 valence electrons. The highest BCUT2D eigenvalue weighted by Crippen LogP contribution is 2.35. The summed E-state index contributed by atoms with van der Waals surface area (Å²) in [5.41, 5.74) is 5.47. The number of hydrogen-bond donors (Lipinski definition) is 3. The summed E-state index contributed by atoms with van der Waals surface area (Å²) in [6.45, 7) is 0. The van der Waals surface area contributed by atoms with Crippen LogP contribution in [0.2, 0.25) is 0 Å². The van der Waals surface area contributed by atoms with Crippen LogP contribution in [0.5, 0.6) is 0 Å². The van der Waals surface area contributed by atoms with Crippen LogP contribution in [0.3, 0.4) is 0 Å². The topological polar surface area (TPSA) is 105 Å². The van der Waals surface area contributed by atoms with Crippen molar-refractivity contribution in [3.63, 3.8) is 0 Å². The Morgan fingerprint density at radius 2 is 2.22 bits per heavy atom. The first kappa shape index (κ1) is 12.3. The molecule has 4 N–H and O–H groups in total. The first-order valence-corrected chi connectivity index (χ1v) is 5.77. The molecule has 18 heavy (non-hydrogen) atoms. The normalized spacial score (nSPS) is 16.7. The van der Waals surface area contributed by atoms with E-state index in [4.69, 9.17) is 10.8 Å². The third-order valence-corrected chi connectivity index (χ3v) is 3.23. The van der Waals surface area contributed by atoms with Crippen molar-refractivity contribution in [3.05, 3.63) is 24.0 Å². The van der Waals surface area contributed by atoms with Gasteiger partial charge < -0.3 is 16.2 Å². The fourth-order valence-electron chi connectivity index (χ4n) is 2.15. The van der Waals surface area contributed by atoms with E-state index in [1.807, 2.05) is 0 Å². The van der Waals surface area contributed by atoms with Gasteiger partial charge >= 0.3 is 5.97 Å². The number of amides is 1. The van der Waals surface area contributed by atoms with Crippen molar-refractivity contribution in [1.82, 2.24) is 10.3 Å². The molecule has 0 spiro atoms. The van der Waals surface area contributed by atoms with Gasteiger partial charge in [0.2, 0.25) is 0 Å². The number of aliphatic carboxylic acids is 1. The standard InChI is InChI=1S/C12H15N3O3/c13-8-3-1-6-14-10(8)11(18)15-12(4-2-5-12)7-9(16)17/h1,3,6H,2,4-5,7,13H2,(H,15,18)(H,16,17). The lowest BCUT2D eigenvalue weighted by atomic mass is 9.74. The predicted molar refractivity (Wildman–Crippen MR) is 65.0 cm³/mol. The number of aromatic nitrogens is 1. The Morgan fingerprint density at radius 3 is 2.72 bits per heavy atom. The maximum atomic E-state index is 12.0. The summed E-state index contributed by atoms with van der Waals surface area (Å²) in [7, 11) is 0. The molecule has 0 aliphatic heterocycles. The van der Waals surface area contributed by atoms with Crippen molar-refractivity contribution >= 4 is 17.6 Å². The van der Waals surface area contributed by atoms with Gasteiger partial charge in [-0.05, 0) is 31.4 Å². The van der Waals surface area contributed by atoms with Crippen LogP contribution in [-0.4, -0.2) is 27.5 Å². The van der Waals surface area contributed by atoms with E-state index in [0.717, 1.165) is 6.42 Å². The molecule has 0 saturated heterocycles. The minimum Gasteiger partial charge on any atom is -0.481 e. The molecule has 1 fully saturated rings. The van der Waals surface area contributed by atoms with Gasteiger partial charge in [0, 0.05) is 6.20 Å². The maximum Gasteiger partial charge on any atom is 0.305 e. The number of rotatable bonds is 4. The first-order valence-electron chi connectivity index (χ1n) is 5.77. The Kier molecular flexibility index (Phi) is 3.18. The fraction of sp³-hybridized carbons (Fsp3) is 0.417. The van der Waals surface area contributed by atoms with Crippen LogP contribution in [0.1, 0.15) is 36.2 Å². The van der Waals surface area contributed by atoms with Crippen LogP contribution in [0.25, 0.3) is 0 Å². The summed E-state index contributed by atoms with van der Waals surface area (Å²) < 4.78 is 0. The van der Waals surface area contributed by atoms with Crippen LogP contribution in [0, 0.1) is 0 Å². The number of carboxylic acid groups (broad SMARTS) is 1. The van der Waals surface area contributed by atoms with Crippen molar-refractivity contribution in [2.45, 2.75) is 31.2 Å². The molecule has 1 aromatic rings. The van der Waals surface area contributed by atoms with Gasteiger partial charge in [-0.2, -0.15) is 0 Å². The number of pyridine rings is 1. The molecule has 6 nitrogen and oxygen atoms in total. The van der Waals surface area contributed by atoms with Gasteiger partial charge in [-0.3, -0.25) is 9.59 Å². The van der Waals surface area contributed by atoms with Gasteiger partial charge in [-0.1, -0.05) is 0 Å². The molecular weight excluding hydrogens is 234 g/mol. The molecule has 1 heterocycles. The smallest absolute Gasteiger partial charge is 0.305 e. The summed E-state index contributed by atoms with van der Waals surface area (Å²) in [6, 6.07) is 3.23. The number of hydrogen-bond acceptors (Lipinski definition) is 4. The molecule has 1 aliphatic carbocycles. The van der Waals surface area contributed by atoms with E-state index < -0.39 is 17.4 Å². The van der Waals surface area contributed by atoms with Crippen LogP contribution in [0.15, 0.2) is 18.3 Å². The van der Waals surface area contributed by atoms with E-state index in [1.54, 1.807) is 12.1 Å². The molecule has 0 radical (unpaired) electrons. The zero-order valence-corrected chi connectivity index (χ0v) is 9.85. The van der Waals surface area contributed by atoms with Gasteiger partial charge in [-0.15, -0.1) is 0 Å². The third-order valence-electron chi connectivity index (χ3n) is 3.23. The molecule has 0 unspecified atom stereocenters. The van der Waals surface area contributed by atoms with Crippen LogP contribution >= 0.6 is 0 Å². The number of nitrogen functional groups attached to an aromatic ring is 1. The lowest BCUT2D eigenvalue weighted by molar-refractivity contribution is -0.139. The van der Waals surface area contributed by atoms with E-state index in [-0.39, 0.29) is 12.1 Å². The molecule has 1 aliphatic rings. The highest BCUT2D eigenvalue weighted by Gasteiger charge is 2.40. The number of anilines is 1. The van der Waals surface area contributed by atoms with Gasteiger partial charge in [0.05, 0.1) is 17.6 Å². The third kappa shape index (κ3) is 2.42. The van der Waals surface area contributed by atoms with Gasteiger partial charge in [0.25, 0.3) is 5.91 Å². The summed E-state index contributed by atoms with van der Waals surface area (Å²) in [6.07, 6.45) is 3.70. The summed E-state index contributed by atoms with van der Waals surface area (Å²) in [4.78, 5) is 26.7. The lowest BCUT2D eigenvalue weighted by Gasteiger charge is -2.41. The zero-order valence-electron chi connectivity index (χ0n) is 9.85. The van der Waals surface area contributed by atoms with E-state index >= 15 is 0 Å². The number of carbonyl (C=O) groups is 2. The summed E-state index contributed by atoms with van der Waals surface area (Å²) >= 11 is 0. The second-order valence-electron chi connectivity index (χ2n) is 4.60. The Bertz CT molecular complexity index is 483. The minimum atomic E-state index is -0.913. The highest BCUT2D eigenvalue weighted by molar-refractivity contribution is 5.97. The van der Waals surface area contributed by atoms with Crippen molar-refractivity contribution in [2.24, 2.45) is 0 Å². The van der Waals surface area contributed by atoms with E-state index in [2.05, 4.69) is 10.3 Å². The van der Waals surface area contributed by atoms with Crippen molar-refractivity contribution in [2.75, 3.05) is 5.73 Å².